The van der Waals surface area contributed by atoms with Crippen molar-refractivity contribution in [1.82, 2.24) is 15.1 Å². The number of nitrogens with one attached hydrogen (secondary N) is 2. The molecule has 8 nitrogen and oxygen atoms in total. The summed E-state index contributed by atoms with van der Waals surface area (Å²) in [6.45, 7) is 1.54. The summed E-state index contributed by atoms with van der Waals surface area (Å²) in [7, 11) is 1.73. The lowest BCUT2D eigenvalue weighted by Crippen LogP contribution is -2.38. The normalized spacial score (nSPS) is 11.9. The molecule has 0 aliphatic carbocycles. The maximum Gasteiger partial charge on any atom is 0.334 e. The van der Waals surface area contributed by atoms with Gasteiger partial charge in [-0.25, -0.2) is 9.59 Å². The molecule has 1 aromatic heterocycles. The number of aryl methyl sites for hydroxylation is 2. The van der Waals surface area contributed by atoms with Crippen LogP contribution in [-0.2, 0) is 18.3 Å². The van der Waals surface area contributed by atoms with Crippen LogP contribution in [0.4, 0.5) is 10.5 Å². The average molecular weight is 256 g/mol. The van der Waals surface area contributed by atoms with Crippen molar-refractivity contribution in [1.29, 1.82) is 0 Å². The minimum absolute atomic E-state index is 0.358. The Morgan fingerprint density at radius 2 is 2.22 bits per heavy atom. The highest BCUT2D eigenvalue weighted by Gasteiger charge is 2.15. The van der Waals surface area contributed by atoms with Crippen LogP contribution in [0.5, 0.6) is 0 Å². The largest absolute Gasteiger partial charge is 0.479 e. The fraction of sp³-hybridized carbons (Fsp3) is 0.500. The number of hydrogen-bond acceptors (Lipinski definition) is 4. The molecular weight excluding hydrogens is 240 g/mol. The van der Waals surface area contributed by atoms with Gasteiger partial charge in [-0.05, 0) is 6.42 Å². The Balaban J connectivity index is 2.51. The summed E-state index contributed by atoms with van der Waals surface area (Å²) in [6.07, 6.45) is 0.690. The van der Waals surface area contributed by atoms with E-state index in [1.165, 1.54) is 0 Å². The first-order chi connectivity index (χ1) is 8.43. The summed E-state index contributed by atoms with van der Waals surface area (Å²) < 4.78 is 1.57. The first-order valence-electron chi connectivity index (χ1n) is 5.42. The third kappa shape index (κ3) is 3.74. The van der Waals surface area contributed by atoms with Gasteiger partial charge in [-0.2, -0.15) is 5.10 Å². The van der Waals surface area contributed by atoms with Crippen LogP contribution in [0.25, 0.3) is 0 Å². The number of carboxylic acids is 1. The number of urea groups is 1. The van der Waals surface area contributed by atoms with Crippen molar-refractivity contribution in [2.24, 2.45) is 7.05 Å². The third-order valence-corrected chi connectivity index (χ3v) is 2.23. The second-order valence-electron chi connectivity index (χ2n) is 3.71. The number of aliphatic hydroxyl groups is 1. The van der Waals surface area contributed by atoms with Gasteiger partial charge >= 0.3 is 12.0 Å². The first-order valence-corrected chi connectivity index (χ1v) is 5.42. The average Bonchev–Trinajstić information content (AvgIpc) is 2.66. The van der Waals surface area contributed by atoms with Crippen molar-refractivity contribution in [2.45, 2.75) is 19.4 Å². The SMILES string of the molecule is CCc1nn(C)cc1NC(=O)NCC(O)C(=O)O. The van der Waals surface area contributed by atoms with Crippen LogP contribution in [-0.4, -0.2) is 44.6 Å². The Labute approximate surface area is 104 Å². The van der Waals surface area contributed by atoms with Crippen molar-refractivity contribution in [3.05, 3.63) is 11.9 Å². The summed E-state index contributed by atoms with van der Waals surface area (Å²) in [6, 6.07) is -0.585. The zero-order chi connectivity index (χ0) is 13.7. The summed E-state index contributed by atoms with van der Waals surface area (Å²) >= 11 is 0. The molecule has 0 bridgehead atoms. The zero-order valence-electron chi connectivity index (χ0n) is 10.2. The second-order valence-corrected chi connectivity index (χ2v) is 3.71. The molecule has 2 amide bonds. The van der Waals surface area contributed by atoms with E-state index in [1.807, 2.05) is 6.92 Å². The summed E-state index contributed by atoms with van der Waals surface area (Å²) in [5.74, 6) is -1.38. The number of carbonyl (C=O) groups is 2. The van der Waals surface area contributed by atoms with Crippen LogP contribution in [0.1, 0.15) is 12.6 Å². The first kappa shape index (κ1) is 14.0. The predicted octanol–water partition coefficient (Wildman–Crippen LogP) is -0.450. The molecule has 0 aliphatic rings. The van der Waals surface area contributed by atoms with Gasteiger partial charge in [0.05, 0.1) is 17.9 Å². The smallest absolute Gasteiger partial charge is 0.334 e. The number of aliphatic hydroxyl groups excluding tert-OH is 1. The highest BCUT2D eigenvalue weighted by Crippen LogP contribution is 2.13. The predicted molar refractivity (Wildman–Crippen MR) is 63.3 cm³/mol. The Morgan fingerprint density at radius 3 is 2.78 bits per heavy atom. The van der Waals surface area contributed by atoms with Gasteiger partial charge < -0.3 is 20.8 Å². The summed E-state index contributed by atoms with van der Waals surface area (Å²) in [5, 5.41) is 26.4. The summed E-state index contributed by atoms with van der Waals surface area (Å²) in [4.78, 5) is 21.8. The van der Waals surface area contributed by atoms with E-state index < -0.39 is 18.1 Å². The van der Waals surface area contributed by atoms with Gasteiger partial charge in [0.15, 0.2) is 6.10 Å². The highest BCUT2D eigenvalue weighted by molar-refractivity contribution is 5.90. The molecule has 0 saturated carbocycles. The van der Waals surface area contributed by atoms with Gasteiger partial charge in [-0.1, -0.05) is 6.92 Å². The van der Waals surface area contributed by atoms with E-state index in [-0.39, 0.29) is 6.54 Å². The van der Waals surface area contributed by atoms with Crippen LogP contribution in [0, 0.1) is 0 Å². The van der Waals surface area contributed by atoms with E-state index in [2.05, 4.69) is 15.7 Å². The molecule has 100 valence electrons. The number of amides is 2. The van der Waals surface area contributed by atoms with E-state index in [1.54, 1.807) is 17.9 Å². The lowest BCUT2D eigenvalue weighted by atomic mass is 10.3. The molecule has 0 spiro atoms. The van der Waals surface area contributed by atoms with E-state index in [0.29, 0.717) is 12.1 Å². The van der Waals surface area contributed by atoms with Crippen molar-refractivity contribution in [2.75, 3.05) is 11.9 Å². The number of anilines is 1. The van der Waals surface area contributed by atoms with Crippen molar-refractivity contribution < 1.29 is 19.8 Å². The molecule has 1 heterocycles. The Kier molecular flexibility index (Phi) is 4.67. The van der Waals surface area contributed by atoms with Gasteiger partial charge in [0.1, 0.15) is 0 Å². The van der Waals surface area contributed by atoms with Gasteiger partial charge in [-0.3, -0.25) is 4.68 Å². The molecule has 4 N–H and O–H groups in total. The van der Waals surface area contributed by atoms with Gasteiger partial charge in [0.2, 0.25) is 0 Å². The lowest BCUT2D eigenvalue weighted by molar-refractivity contribution is -0.146. The number of hydrogen-bond donors (Lipinski definition) is 4. The minimum Gasteiger partial charge on any atom is -0.479 e. The molecule has 1 unspecified atom stereocenters. The van der Waals surface area contributed by atoms with Gasteiger partial charge in [0.25, 0.3) is 0 Å². The molecule has 1 atom stereocenters. The zero-order valence-corrected chi connectivity index (χ0v) is 10.2. The molecule has 0 fully saturated rings. The standard InChI is InChI=1S/C10H16N4O4/c1-3-6-7(5-14(2)13-6)12-10(18)11-4-8(15)9(16)17/h5,8,15H,3-4H2,1-2H3,(H,16,17)(H2,11,12,18). The Morgan fingerprint density at radius 1 is 1.56 bits per heavy atom. The highest BCUT2D eigenvalue weighted by atomic mass is 16.4. The monoisotopic (exact) mass is 256 g/mol. The molecule has 0 radical (unpaired) electrons. The van der Waals surface area contributed by atoms with Crippen molar-refractivity contribution in [3.63, 3.8) is 0 Å². The molecule has 8 heteroatoms. The quantitative estimate of drug-likeness (QED) is 0.569. The van der Waals surface area contributed by atoms with Crippen molar-refractivity contribution in [3.8, 4) is 0 Å². The molecule has 0 saturated heterocycles. The topological polar surface area (TPSA) is 116 Å². The number of rotatable bonds is 5. The van der Waals surface area contributed by atoms with Crippen LogP contribution < -0.4 is 10.6 Å². The summed E-state index contributed by atoms with van der Waals surface area (Å²) in [5.41, 5.74) is 1.29. The molecule has 1 rings (SSSR count). The van der Waals surface area contributed by atoms with Crippen LogP contribution in [0.2, 0.25) is 0 Å². The minimum atomic E-state index is -1.62. The van der Waals surface area contributed by atoms with Crippen molar-refractivity contribution >= 4 is 17.7 Å². The molecular formula is C10H16N4O4. The van der Waals surface area contributed by atoms with E-state index in [4.69, 9.17) is 10.2 Å². The number of carboxylic acid groups (broad SMARTS) is 1. The number of aromatic nitrogens is 2. The van der Waals surface area contributed by atoms with Gasteiger partial charge in [0, 0.05) is 13.2 Å². The maximum absolute atomic E-state index is 11.5. The number of nitrogens with zero attached hydrogens (tertiary/aromatic N) is 2. The number of aliphatic carboxylic acids is 1. The van der Waals surface area contributed by atoms with E-state index in [9.17, 15) is 9.59 Å². The molecule has 1 aromatic rings. The van der Waals surface area contributed by atoms with Crippen LogP contribution in [0.15, 0.2) is 6.20 Å². The fourth-order valence-corrected chi connectivity index (χ4v) is 1.34. The maximum atomic E-state index is 11.5. The number of carbonyl (C=O) groups excluding carboxylic acids is 1. The second kappa shape index (κ2) is 6.01. The molecule has 0 aliphatic heterocycles. The van der Waals surface area contributed by atoms with Crippen LogP contribution >= 0.6 is 0 Å². The Hall–Kier alpha value is -2.09. The van der Waals surface area contributed by atoms with Gasteiger partial charge in [-0.15, -0.1) is 0 Å². The van der Waals surface area contributed by atoms with E-state index in [0.717, 1.165) is 5.69 Å². The van der Waals surface area contributed by atoms with E-state index >= 15 is 0 Å². The lowest BCUT2D eigenvalue weighted by Gasteiger charge is -2.08. The third-order valence-electron chi connectivity index (χ3n) is 2.23. The van der Waals surface area contributed by atoms with Crippen LogP contribution in [0.3, 0.4) is 0 Å². The Bertz CT molecular complexity index is 443. The fourth-order valence-electron chi connectivity index (χ4n) is 1.34. The molecule has 0 aromatic carbocycles. The molecule has 18 heavy (non-hydrogen) atoms.